The third-order valence-electron chi connectivity index (χ3n) is 10.1. The molecular weight excluding hydrogens is 711 g/mol. The first kappa shape index (κ1) is 46.1. The lowest BCUT2D eigenvalue weighted by Crippen LogP contribution is -2.61. The van der Waals surface area contributed by atoms with E-state index >= 15 is 0 Å². The van der Waals surface area contributed by atoms with E-state index in [2.05, 4.69) is 16.0 Å². The molecule has 14 heteroatoms. The van der Waals surface area contributed by atoms with Gasteiger partial charge in [0.1, 0.15) is 17.9 Å². The fourth-order valence-corrected chi connectivity index (χ4v) is 7.27. The van der Waals surface area contributed by atoms with E-state index in [-0.39, 0.29) is 79.6 Å². The van der Waals surface area contributed by atoms with Gasteiger partial charge in [0, 0.05) is 43.8 Å². The molecule has 300 valence electrons. The summed E-state index contributed by atoms with van der Waals surface area (Å²) in [6, 6.07) is 6.15. The number of amides is 5. The monoisotopic (exact) mass is 771 g/mol. The number of nitrogens with one attached hydrogen (secondary N) is 3. The van der Waals surface area contributed by atoms with Gasteiger partial charge in [0.25, 0.3) is 0 Å². The van der Waals surface area contributed by atoms with Crippen molar-refractivity contribution in [3.63, 3.8) is 0 Å². The highest BCUT2D eigenvalue weighted by molar-refractivity contribution is 8.00. The summed E-state index contributed by atoms with van der Waals surface area (Å²) in [4.78, 5) is 93.1. The lowest BCUT2D eigenvalue weighted by atomic mass is 9.76. The highest BCUT2D eigenvalue weighted by atomic mass is 32.2. The second-order valence-electron chi connectivity index (χ2n) is 16.0. The number of thioether (sulfide) groups is 1. The van der Waals surface area contributed by atoms with Gasteiger partial charge in [0.2, 0.25) is 29.5 Å². The van der Waals surface area contributed by atoms with Gasteiger partial charge in [-0.3, -0.25) is 33.7 Å². The van der Waals surface area contributed by atoms with E-state index in [9.17, 15) is 38.7 Å². The van der Waals surface area contributed by atoms with Gasteiger partial charge in [-0.05, 0) is 50.0 Å². The Morgan fingerprint density at radius 3 is 2.11 bits per heavy atom. The lowest BCUT2D eigenvalue weighted by Gasteiger charge is -2.40. The van der Waals surface area contributed by atoms with E-state index < -0.39 is 52.1 Å². The van der Waals surface area contributed by atoms with Crippen LogP contribution >= 0.6 is 11.8 Å². The van der Waals surface area contributed by atoms with Gasteiger partial charge in [0.15, 0.2) is 0 Å². The molecule has 1 aromatic rings. The molecule has 1 fully saturated rings. The van der Waals surface area contributed by atoms with Crippen LogP contribution in [-0.2, 0) is 39.0 Å². The van der Waals surface area contributed by atoms with Gasteiger partial charge in [-0.1, -0.05) is 84.9 Å². The first-order valence-corrected chi connectivity index (χ1v) is 19.8. The first-order valence-electron chi connectivity index (χ1n) is 18.5. The number of hydrogen-bond acceptors (Lipinski definition) is 9. The number of likely N-dealkylation sites (tertiary alicyclic amines) is 1. The van der Waals surface area contributed by atoms with Gasteiger partial charge in [-0.15, -0.1) is 0 Å². The summed E-state index contributed by atoms with van der Waals surface area (Å²) in [5.41, 5.74) is -0.146. The number of carbonyl (C=O) groups excluding carboxylic acids is 6. The Balaban J connectivity index is 2.12. The zero-order valence-corrected chi connectivity index (χ0v) is 34.6. The van der Waals surface area contributed by atoms with Crippen LogP contribution in [0.2, 0.25) is 0 Å². The molecule has 1 aliphatic heterocycles. The Bertz CT molecular complexity index is 1550. The highest BCUT2D eigenvalue weighted by Crippen LogP contribution is 2.29. The second kappa shape index (κ2) is 20.0. The number of carboxylic acid groups (broad SMARTS) is 1. The third kappa shape index (κ3) is 12.2. The summed E-state index contributed by atoms with van der Waals surface area (Å²) < 4.78 is 0. The predicted molar refractivity (Wildman–Crippen MR) is 211 cm³/mol. The number of carboxylic acids is 1. The highest BCUT2D eigenvalue weighted by Gasteiger charge is 2.42. The molecule has 54 heavy (non-hydrogen) atoms. The van der Waals surface area contributed by atoms with Crippen LogP contribution in [0.5, 0.6) is 0 Å². The van der Waals surface area contributed by atoms with Crippen molar-refractivity contribution in [3.05, 3.63) is 47.5 Å². The maximum absolute atomic E-state index is 14.2. The number of carbonyl (C=O) groups is 7. The van der Waals surface area contributed by atoms with Crippen molar-refractivity contribution >= 4 is 53.1 Å². The predicted octanol–water partition coefficient (Wildman–Crippen LogP) is 3.70. The average molecular weight is 772 g/mol. The van der Waals surface area contributed by atoms with Crippen molar-refractivity contribution < 1.29 is 38.7 Å². The molecule has 0 saturated carbocycles. The Hall–Kier alpha value is -4.04. The Morgan fingerprint density at radius 2 is 1.61 bits per heavy atom. The summed E-state index contributed by atoms with van der Waals surface area (Å²) in [7, 11) is 3.33. The summed E-state index contributed by atoms with van der Waals surface area (Å²) in [6.45, 7) is 15.0. The molecule has 5 amide bonds. The number of ketones is 1. The van der Waals surface area contributed by atoms with Gasteiger partial charge < -0.3 is 26.0 Å². The van der Waals surface area contributed by atoms with E-state index in [0.29, 0.717) is 0 Å². The van der Waals surface area contributed by atoms with Crippen molar-refractivity contribution in [2.45, 2.75) is 122 Å². The third-order valence-corrected chi connectivity index (χ3v) is 11.0. The van der Waals surface area contributed by atoms with Gasteiger partial charge in [-0.2, -0.15) is 11.8 Å². The van der Waals surface area contributed by atoms with Crippen molar-refractivity contribution in [2.24, 2.45) is 11.3 Å². The minimum absolute atomic E-state index is 0.0626. The number of hydrogen-bond donors (Lipinski definition) is 4. The molecule has 2 rings (SSSR count). The number of benzene rings is 1. The standard InChI is InChI=1S/C40H61N5O8S/c1-24(2)29(44(10)37(51)33(39(4,5)6)43-35(49)32(41-9)40(7,8)26-16-13-12-14-17-26)22-25(3)34(48)42-28(38(52)53)20-19-27(46)18-15-21-45-31(47)23-30(54-11)36(45)50/h12-14,16-17,22,24,28-30,32-33,41H,15,18-21,23H2,1-11H3,(H,42,48)(H,43,49)(H,52,53)/b25-22+/t28-,29-,30?,32-,33-/m1/s1. The van der Waals surface area contributed by atoms with Crippen LogP contribution in [0.3, 0.4) is 0 Å². The maximum Gasteiger partial charge on any atom is 0.326 e. The molecule has 0 bridgehead atoms. The van der Waals surface area contributed by atoms with Crippen molar-refractivity contribution in [2.75, 3.05) is 26.9 Å². The molecule has 1 heterocycles. The SMILES string of the molecule is CN[C@H](C(=O)N[C@H](C(=O)N(C)[C@H](/C=C(\C)C(=O)N[C@H](CCC(=O)CCCN1C(=O)CC(SC)C1=O)C(=O)O)C(C)C)C(C)(C)C)C(C)(C)c1ccccc1. The largest absolute Gasteiger partial charge is 0.480 e. The zero-order valence-electron chi connectivity index (χ0n) is 33.8. The number of rotatable bonds is 20. The Morgan fingerprint density at radius 1 is 1.00 bits per heavy atom. The second-order valence-corrected chi connectivity index (χ2v) is 17.0. The maximum atomic E-state index is 14.2. The summed E-state index contributed by atoms with van der Waals surface area (Å²) in [5.74, 6) is -3.56. The van der Waals surface area contributed by atoms with E-state index in [1.165, 1.54) is 28.5 Å². The van der Waals surface area contributed by atoms with Crippen LogP contribution in [0.15, 0.2) is 42.0 Å². The molecule has 1 saturated heterocycles. The van der Waals surface area contributed by atoms with E-state index in [1.807, 2.05) is 78.8 Å². The van der Waals surface area contributed by atoms with Crippen LogP contribution in [0, 0.1) is 11.3 Å². The summed E-state index contributed by atoms with van der Waals surface area (Å²) >= 11 is 1.31. The van der Waals surface area contributed by atoms with Gasteiger partial charge in [-0.25, -0.2) is 4.79 Å². The van der Waals surface area contributed by atoms with Crippen molar-refractivity contribution in [3.8, 4) is 0 Å². The van der Waals surface area contributed by atoms with Crippen LogP contribution < -0.4 is 16.0 Å². The first-order chi connectivity index (χ1) is 25.1. The minimum Gasteiger partial charge on any atom is -0.480 e. The summed E-state index contributed by atoms with van der Waals surface area (Å²) in [6.07, 6.45) is 3.60. The lowest BCUT2D eigenvalue weighted by molar-refractivity contribution is -0.142. The van der Waals surface area contributed by atoms with Crippen molar-refractivity contribution in [1.29, 1.82) is 0 Å². The number of likely N-dealkylation sites (N-methyl/N-ethyl adjacent to an activating group) is 2. The summed E-state index contributed by atoms with van der Waals surface area (Å²) in [5, 5.41) is 18.1. The van der Waals surface area contributed by atoms with E-state index in [0.717, 1.165) is 5.56 Å². The van der Waals surface area contributed by atoms with Gasteiger partial charge in [0.05, 0.1) is 17.3 Å². The number of imide groups is 1. The minimum atomic E-state index is -1.34. The van der Waals surface area contributed by atoms with Crippen LogP contribution in [-0.4, -0.2) is 113 Å². The molecule has 0 aromatic heterocycles. The molecule has 0 aliphatic carbocycles. The van der Waals surface area contributed by atoms with Crippen LogP contribution in [0.25, 0.3) is 0 Å². The number of Topliss-reactive ketones (excluding diaryl/α,β-unsaturated/α-hetero) is 1. The Labute approximate surface area is 324 Å². The Kier molecular flexibility index (Phi) is 17.1. The smallest absolute Gasteiger partial charge is 0.326 e. The quantitative estimate of drug-likeness (QED) is 0.113. The number of aliphatic carboxylic acids is 1. The van der Waals surface area contributed by atoms with Gasteiger partial charge >= 0.3 is 5.97 Å². The topological polar surface area (TPSA) is 182 Å². The zero-order chi connectivity index (χ0) is 41.1. The fourth-order valence-electron chi connectivity index (χ4n) is 6.63. The van der Waals surface area contributed by atoms with Crippen molar-refractivity contribution in [1.82, 2.24) is 25.8 Å². The molecule has 4 N–H and O–H groups in total. The average Bonchev–Trinajstić information content (AvgIpc) is 3.38. The van der Waals surface area contributed by atoms with Crippen LogP contribution in [0.4, 0.5) is 0 Å². The molecule has 1 aromatic carbocycles. The number of nitrogens with zero attached hydrogens (tertiary/aromatic N) is 2. The molecule has 1 aliphatic rings. The molecule has 1 unspecified atom stereocenters. The normalized spacial score (nSPS) is 17.5. The van der Waals surface area contributed by atoms with E-state index in [1.54, 1.807) is 26.4 Å². The molecule has 0 radical (unpaired) electrons. The molecule has 5 atom stereocenters. The van der Waals surface area contributed by atoms with E-state index in [4.69, 9.17) is 0 Å². The molecular formula is C40H61N5O8S. The van der Waals surface area contributed by atoms with Crippen LogP contribution in [0.1, 0.15) is 93.1 Å². The molecule has 13 nitrogen and oxygen atoms in total. The fraction of sp³-hybridized carbons (Fsp3) is 0.625. The molecule has 0 spiro atoms.